The minimum atomic E-state index is -1.66. The number of hydrogen-bond donors (Lipinski definition) is 4. The second-order valence-corrected chi connectivity index (χ2v) is 12.8. The van der Waals surface area contributed by atoms with Gasteiger partial charge in [0, 0.05) is 16.9 Å². The Hall–Kier alpha value is -2.73. The highest BCUT2D eigenvalue weighted by Gasteiger charge is 2.54. The number of nitrogens with one attached hydrogen (secondary N) is 2. The lowest BCUT2D eigenvalue weighted by molar-refractivity contribution is -0.151. The molecule has 4 heterocycles. The van der Waals surface area contributed by atoms with Crippen LogP contribution in [0.5, 0.6) is 0 Å². The van der Waals surface area contributed by atoms with Crippen molar-refractivity contribution in [3.63, 3.8) is 0 Å². The molecular formula is C21H24N6O7S4. The van der Waals surface area contributed by atoms with Gasteiger partial charge in [-0.15, -0.1) is 38.3 Å². The van der Waals surface area contributed by atoms with Gasteiger partial charge in [0.15, 0.2) is 15.2 Å². The Balaban J connectivity index is 1.40. The SMILES string of the molecule is CCC(C)(C)OC(=O)N=c1[nH]c(C(O)C(=O)NC2C(=O)N3C(C(=O)O)=C(CSc4nncs4)CS[C@@H]23)cs1. The summed E-state index contributed by atoms with van der Waals surface area (Å²) in [6.07, 6.45) is -1.88. The number of thioether (sulfide) groups is 2. The number of ether oxygens (including phenoxy) is 1. The Morgan fingerprint density at radius 1 is 1.39 bits per heavy atom. The van der Waals surface area contributed by atoms with Gasteiger partial charge in [0.05, 0.1) is 5.69 Å². The Bertz CT molecular complexity index is 1340. The zero-order valence-electron chi connectivity index (χ0n) is 20.4. The summed E-state index contributed by atoms with van der Waals surface area (Å²) in [6, 6.07) is -0.997. The summed E-state index contributed by atoms with van der Waals surface area (Å²) in [7, 11) is 0. The number of carboxylic acid groups (broad SMARTS) is 1. The van der Waals surface area contributed by atoms with Crippen molar-refractivity contribution in [3.8, 4) is 0 Å². The van der Waals surface area contributed by atoms with E-state index in [4.69, 9.17) is 4.74 Å². The molecule has 4 rings (SSSR count). The maximum Gasteiger partial charge on any atom is 0.436 e. The van der Waals surface area contributed by atoms with Gasteiger partial charge in [-0.3, -0.25) is 14.5 Å². The largest absolute Gasteiger partial charge is 0.477 e. The molecule has 38 heavy (non-hydrogen) atoms. The number of hydrogen-bond acceptors (Lipinski definition) is 12. The molecule has 1 fully saturated rings. The van der Waals surface area contributed by atoms with Crippen molar-refractivity contribution in [1.82, 2.24) is 25.4 Å². The molecule has 0 spiro atoms. The summed E-state index contributed by atoms with van der Waals surface area (Å²) in [5.41, 5.74) is 1.44. The third kappa shape index (κ3) is 6.12. The van der Waals surface area contributed by atoms with E-state index in [0.717, 1.165) is 11.3 Å². The fourth-order valence-corrected chi connectivity index (χ4v) is 7.15. The van der Waals surface area contributed by atoms with Crippen LogP contribution >= 0.6 is 46.2 Å². The third-order valence-corrected chi connectivity index (χ3v) is 9.83. The molecule has 4 N–H and O–H groups in total. The van der Waals surface area contributed by atoms with Crippen molar-refractivity contribution in [3.05, 3.63) is 32.7 Å². The van der Waals surface area contributed by atoms with Crippen molar-refractivity contribution in [2.24, 2.45) is 4.99 Å². The number of nitrogens with zero attached hydrogens (tertiary/aromatic N) is 4. The molecule has 13 nitrogen and oxygen atoms in total. The number of rotatable bonds is 9. The van der Waals surface area contributed by atoms with Crippen LogP contribution in [0.15, 0.2) is 31.5 Å². The number of aliphatic hydroxyl groups excluding tert-OH is 1. The van der Waals surface area contributed by atoms with Crippen molar-refractivity contribution in [1.29, 1.82) is 0 Å². The van der Waals surface area contributed by atoms with Gasteiger partial charge in [-0.25, -0.2) is 9.59 Å². The highest BCUT2D eigenvalue weighted by atomic mass is 32.2. The summed E-state index contributed by atoms with van der Waals surface area (Å²) in [5, 5.41) is 31.3. The van der Waals surface area contributed by atoms with Gasteiger partial charge in [0.25, 0.3) is 11.8 Å². The number of thiazole rings is 1. The molecule has 0 bridgehead atoms. The quantitative estimate of drug-likeness (QED) is 0.242. The normalized spacial score (nSPS) is 20.6. The summed E-state index contributed by atoms with van der Waals surface area (Å²) >= 11 is 5.00. The molecule has 2 unspecified atom stereocenters. The first-order chi connectivity index (χ1) is 18.0. The van der Waals surface area contributed by atoms with Gasteiger partial charge in [-0.05, 0) is 25.8 Å². The van der Waals surface area contributed by atoms with Crippen LogP contribution in [0, 0.1) is 0 Å². The summed E-state index contributed by atoms with van der Waals surface area (Å²) < 4.78 is 5.94. The number of amides is 3. The number of carbonyl (C=O) groups excluding carboxylic acids is 3. The summed E-state index contributed by atoms with van der Waals surface area (Å²) in [5.74, 6) is -1.97. The van der Waals surface area contributed by atoms with Crippen molar-refractivity contribution in [2.75, 3.05) is 11.5 Å². The zero-order chi connectivity index (χ0) is 27.6. The number of β-lactam (4-membered cyclic amide) rings is 1. The third-order valence-electron chi connectivity index (χ3n) is 5.76. The first-order valence-corrected chi connectivity index (χ1v) is 15.0. The van der Waals surface area contributed by atoms with E-state index in [0.29, 0.717) is 27.8 Å². The zero-order valence-corrected chi connectivity index (χ0v) is 23.6. The van der Waals surface area contributed by atoms with Crippen LogP contribution in [0.25, 0.3) is 0 Å². The van der Waals surface area contributed by atoms with Gasteiger partial charge in [-0.2, -0.15) is 0 Å². The summed E-state index contributed by atoms with van der Waals surface area (Å²) in [4.78, 5) is 57.4. The number of aliphatic carboxylic acids is 1. The van der Waals surface area contributed by atoms with Crippen molar-refractivity contribution < 1.29 is 34.1 Å². The van der Waals surface area contributed by atoms with E-state index < -0.39 is 47.0 Å². The second kappa shape index (κ2) is 11.6. The van der Waals surface area contributed by atoms with Gasteiger partial charge >= 0.3 is 12.1 Å². The maximum atomic E-state index is 12.9. The minimum Gasteiger partial charge on any atom is -0.477 e. The monoisotopic (exact) mass is 600 g/mol. The Kier molecular flexibility index (Phi) is 8.61. The van der Waals surface area contributed by atoms with Crippen LogP contribution in [0.4, 0.5) is 4.79 Å². The van der Waals surface area contributed by atoms with Gasteiger partial charge in [0.2, 0.25) is 0 Å². The predicted molar refractivity (Wildman–Crippen MR) is 140 cm³/mol. The molecule has 204 valence electrons. The molecule has 2 aliphatic rings. The van der Waals surface area contributed by atoms with E-state index >= 15 is 0 Å². The number of aliphatic hydroxyl groups is 1. The molecule has 0 radical (unpaired) electrons. The Morgan fingerprint density at radius 2 is 2.16 bits per heavy atom. The number of aromatic nitrogens is 3. The van der Waals surface area contributed by atoms with Gasteiger partial charge in [0.1, 0.15) is 28.2 Å². The molecule has 1 saturated heterocycles. The van der Waals surface area contributed by atoms with E-state index in [1.54, 1.807) is 19.4 Å². The lowest BCUT2D eigenvalue weighted by atomic mass is 10.0. The molecule has 0 saturated carbocycles. The number of fused-ring (bicyclic) bond motifs is 1. The van der Waals surface area contributed by atoms with E-state index in [1.165, 1.54) is 45.1 Å². The first kappa shape index (κ1) is 28.3. The molecule has 2 aromatic rings. The predicted octanol–water partition coefficient (Wildman–Crippen LogP) is 1.72. The number of H-pyrrole nitrogens is 1. The molecular weight excluding hydrogens is 577 g/mol. The Labute approximate surface area is 232 Å². The highest BCUT2D eigenvalue weighted by Crippen LogP contribution is 2.41. The molecule has 2 aromatic heterocycles. The van der Waals surface area contributed by atoms with Gasteiger partial charge < -0.3 is 25.3 Å². The van der Waals surface area contributed by atoms with Crippen molar-refractivity contribution >= 4 is 70.1 Å². The van der Waals surface area contributed by atoms with E-state index in [9.17, 15) is 29.4 Å². The standard InChI is InChI=1S/C21H24N6O7S4/c1-4-21(2,3)34-19(33)25-18-23-10(7-36-18)13(28)14(29)24-11-15(30)27-12(17(31)32)9(5-35-16(11)27)6-37-20-26-22-8-38-20/h7-8,11,13,16,28H,4-6H2,1-3H3,(H,24,29)(H,31,32)(H,23,25,33)/t11?,13?,16-/m0/s1. The fraction of sp³-hybridized carbons (Fsp3) is 0.476. The van der Waals surface area contributed by atoms with E-state index in [1.807, 2.05) is 6.92 Å². The molecule has 2 aliphatic heterocycles. The molecule has 0 aliphatic carbocycles. The lowest BCUT2D eigenvalue weighted by Crippen LogP contribution is -2.70. The maximum absolute atomic E-state index is 12.9. The van der Waals surface area contributed by atoms with Crippen LogP contribution in [0.3, 0.4) is 0 Å². The number of aromatic amines is 1. The molecule has 17 heteroatoms. The van der Waals surface area contributed by atoms with E-state index in [-0.39, 0.29) is 16.2 Å². The van der Waals surface area contributed by atoms with Crippen LogP contribution in [0.1, 0.15) is 39.0 Å². The Morgan fingerprint density at radius 3 is 2.82 bits per heavy atom. The average molecular weight is 601 g/mol. The van der Waals surface area contributed by atoms with Crippen molar-refractivity contribution in [2.45, 2.75) is 54.7 Å². The molecule has 3 amide bonds. The molecule has 3 atom stereocenters. The van der Waals surface area contributed by atoms with Crippen LogP contribution < -0.4 is 10.1 Å². The lowest BCUT2D eigenvalue weighted by Gasteiger charge is -2.49. The first-order valence-electron chi connectivity index (χ1n) is 11.2. The number of carbonyl (C=O) groups is 4. The molecule has 0 aromatic carbocycles. The summed E-state index contributed by atoms with van der Waals surface area (Å²) in [6.45, 7) is 5.37. The van der Waals surface area contributed by atoms with Crippen LogP contribution in [-0.2, 0) is 19.1 Å². The minimum absolute atomic E-state index is 0.0795. The average Bonchev–Trinajstić information content (AvgIpc) is 3.56. The van der Waals surface area contributed by atoms with Crippen LogP contribution in [0.2, 0.25) is 0 Å². The van der Waals surface area contributed by atoms with E-state index in [2.05, 4.69) is 25.5 Å². The highest BCUT2D eigenvalue weighted by molar-refractivity contribution is 8.01. The topological polar surface area (TPSA) is 187 Å². The number of carboxylic acids is 1. The van der Waals surface area contributed by atoms with Crippen LogP contribution in [-0.4, -0.2) is 82.7 Å². The van der Waals surface area contributed by atoms with Gasteiger partial charge in [-0.1, -0.05) is 30.0 Å². The fourth-order valence-electron chi connectivity index (χ4n) is 3.45. The second-order valence-electron chi connectivity index (χ2n) is 8.76. The smallest absolute Gasteiger partial charge is 0.436 e.